The fourth-order valence-corrected chi connectivity index (χ4v) is 3.42. The first kappa shape index (κ1) is 22.8. The first-order valence-electron chi connectivity index (χ1n) is 9.60. The summed E-state index contributed by atoms with van der Waals surface area (Å²) in [5, 5.41) is 30.3. The molecule has 0 aliphatic carbocycles. The molecular weight excluding hydrogens is 340 g/mol. The zero-order valence-corrected chi connectivity index (χ0v) is 15.4. The topological polar surface area (TPSA) is 156 Å². The van der Waals surface area contributed by atoms with Gasteiger partial charge in [-0.1, -0.05) is 51.4 Å². The predicted octanol–water partition coefficient (Wildman–Crippen LogP) is 0.0998. The SMILES string of the molecule is NC(=O)[C@@H](O)[C@H](O)[C@H](O)[C@@]1(C(N)=O)CCCCCCCCCCCCO1. The summed E-state index contributed by atoms with van der Waals surface area (Å²) < 4.78 is 5.70. The Labute approximate surface area is 154 Å². The normalized spacial score (nSPS) is 27.7. The van der Waals surface area contributed by atoms with Crippen molar-refractivity contribution in [2.75, 3.05) is 6.61 Å². The molecule has 1 rings (SSSR count). The van der Waals surface area contributed by atoms with Gasteiger partial charge in [-0.2, -0.15) is 0 Å². The van der Waals surface area contributed by atoms with Crippen LogP contribution in [0.15, 0.2) is 0 Å². The maximum absolute atomic E-state index is 12.2. The lowest BCUT2D eigenvalue weighted by Gasteiger charge is -2.38. The van der Waals surface area contributed by atoms with Crippen molar-refractivity contribution >= 4 is 11.8 Å². The molecule has 8 nitrogen and oxygen atoms in total. The highest BCUT2D eigenvalue weighted by atomic mass is 16.5. The molecule has 8 heteroatoms. The maximum Gasteiger partial charge on any atom is 0.252 e. The summed E-state index contributed by atoms with van der Waals surface area (Å²) in [4.78, 5) is 23.3. The number of nitrogens with two attached hydrogens (primary N) is 2. The minimum atomic E-state index is -2.02. The molecule has 0 radical (unpaired) electrons. The standard InChI is InChI=1S/C18H34N2O6/c19-16(24)14(22)13(21)15(23)18(17(20)25)11-9-7-5-3-1-2-4-6-8-10-12-26-18/h13-15,21-23H,1-12H2,(H2,19,24)(H2,20,25)/t13-,14-,15-,18+/m0/s1. The summed E-state index contributed by atoms with van der Waals surface area (Å²) in [5.74, 6) is -2.12. The van der Waals surface area contributed by atoms with E-state index in [0.29, 0.717) is 12.8 Å². The van der Waals surface area contributed by atoms with Gasteiger partial charge >= 0.3 is 0 Å². The quantitative estimate of drug-likeness (QED) is 0.459. The first-order valence-corrected chi connectivity index (χ1v) is 9.60. The Morgan fingerprint density at radius 1 is 0.808 bits per heavy atom. The molecule has 152 valence electrons. The van der Waals surface area contributed by atoms with Crippen LogP contribution in [-0.4, -0.2) is 57.7 Å². The summed E-state index contributed by atoms with van der Waals surface area (Å²) in [6, 6.07) is 0. The van der Waals surface area contributed by atoms with E-state index in [9.17, 15) is 24.9 Å². The second-order valence-corrected chi connectivity index (χ2v) is 7.17. The molecule has 0 unspecified atom stereocenters. The van der Waals surface area contributed by atoms with Gasteiger partial charge < -0.3 is 31.5 Å². The molecular formula is C18H34N2O6. The predicted molar refractivity (Wildman–Crippen MR) is 95.9 cm³/mol. The highest BCUT2D eigenvalue weighted by molar-refractivity contribution is 5.85. The van der Waals surface area contributed by atoms with Crippen LogP contribution in [0.3, 0.4) is 0 Å². The molecule has 4 atom stereocenters. The van der Waals surface area contributed by atoms with Crippen LogP contribution in [0.25, 0.3) is 0 Å². The fraction of sp³-hybridized carbons (Fsp3) is 0.889. The third-order valence-electron chi connectivity index (χ3n) is 5.14. The van der Waals surface area contributed by atoms with Crippen LogP contribution < -0.4 is 11.5 Å². The molecule has 0 saturated carbocycles. The van der Waals surface area contributed by atoms with Crippen molar-refractivity contribution in [2.24, 2.45) is 11.5 Å². The summed E-state index contributed by atoms with van der Waals surface area (Å²) in [5.41, 5.74) is 8.64. The second kappa shape index (κ2) is 11.5. The summed E-state index contributed by atoms with van der Waals surface area (Å²) in [6.07, 6.45) is 4.04. The molecule has 26 heavy (non-hydrogen) atoms. The van der Waals surface area contributed by atoms with Crippen LogP contribution in [0.2, 0.25) is 0 Å². The maximum atomic E-state index is 12.2. The van der Waals surface area contributed by atoms with E-state index in [0.717, 1.165) is 38.5 Å². The largest absolute Gasteiger partial charge is 0.387 e. The van der Waals surface area contributed by atoms with E-state index in [1.807, 2.05) is 0 Å². The fourth-order valence-electron chi connectivity index (χ4n) is 3.42. The number of carbonyl (C=O) groups is 2. The smallest absolute Gasteiger partial charge is 0.252 e. The number of amides is 2. The molecule has 0 aromatic carbocycles. The van der Waals surface area contributed by atoms with Crippen molar-refractivity contribution in [1.29, 1.82) is 0 Å². The Balaban J connectivity index is 2.93. The number of hydrogen-bond donors (Lipinski definition) is 5. The molecule has 1 aliphatic heterocycles. The molecule has 0 bridgehead atoms. The Hall–Kier alpha value is -1.22. The lowest BCUT2D eigenvalue weighted by Crippen LogP contribution is -2.62. The molecule has 7 N–H and O–H groups in total. The van der Waals surface area contributed by atoms with Crippen LogP contribution in [0.1, 0.15) is 70.6 Å². The van der Waals surface area contributed by atoms with Gasteiger partial charge in [-0.05, 0) is 19.3 Å². The minimum absolute atomic E-state index is 0.103. The number of primary amides is 2. The van der Waals surface area contributed by atoms with E-state index in [4.69, 9.17) is 16.2 Å². The van der Waals surface area contributed by atoms with Crippen LogP contribution >= 0.6 is 0 Å². The number of aliphatic hydroxyl groups excluding tert-OH is 3. The van der Waals surface area contributed by atoms with Gasteiger partial charge in [0.05, 0.1) is 0 Å². The summed E-state index contributed by atoms with van der Waals surface area (Å²) >= 11 is 0. The van der Waals surface area contributed by atoms with E-state index in [1.54, 1.807) is 0 Å². The molecule has 0 aromatic heterocycles. The average molecular weight is 374 g/mol. The zero-order chi connectivity index (χ0) is 19.6. The molecule has 0 spiro atoms. The van der Waals surface area contributed by atoms with Crippen molar-refractivity contribution in [2.45, 2.75) is 94.5 Å². The van der Waals surface area contributed by atoms with Gasteiger partial charge in [0.2, 0.25) is 5.91 Å². The third kappa shape index (κ3) is 6.50. The van der Waals surface area contributed by atoms with E-state index in [1.165, 1.54) is 12.8 Å². The Morgan fingerprint density at radius 3 is 1.73 bits per heavy atom. The van der Waals surface area contributed by atoms with Crippen LogP contribution in [0.5, 0.6) is 0 Å². The van der Waals surface area contributed by atoms with Crippen molar-refractivity contribution < 1.29 is 29.6 Å². The lowest BCUT2D eigenvalue weighted by atomic mass is 9.84. The molecule has 0 aromatic rings. The van der Waals surface area contributed by atoms with Crippen molar-refractivity contribution in [1.82, 2.24) is 0 Å². The Kier molecular flexibility index (Phi) is 10.1. The molecule has 1 heterocycles. The zero-order valence-electron chi connectivity index (χ0n) is 15.4. The van der Waals surface area contributed by atoms with Gasteiger partial charge in [0, 0.05) is 6.61 Å². The van der Waals surface area contributed by atoms with Gasteiger partial charge in [-0.3, -0.25) is 9.59 Å². The van der Waals surface area contributed by atoms with Crippen molar-refractivity contribution in [3.05, 3.63) is 0 Å². The number of aliphatic hydroxyl groups is 3. The summed E-state index contributed by atoms with van der Waals surface area (Å²) in [7, 11) is 0. The third-order valence-corrected chi connectivity index (χ3v) is 5.14. The average Bonchev–Trinajstić information content (AvgIpc) is 2.61. The highest BCUT2D eigenvalue weighted by Crippen LogP contribution is 2.28. The lowest BCUT2D eigenvalue weighted by molar-refractivity contribution is -0.190. The van der Waals surface area contributed by atoms with E-state index in [2.05, 4.69) is 0 Å². The van der Waals surface area contributed by atoms with Crippen LogP contribution in [-0.2, 0) is 14.3 Å². The number of ether oxygens (including phenoxy) is 1. The molecule has 2 amide bonds. The Morgan fingerprint density at radius 2 is 1.27 bits per heavy atom. The minimum Gasteiger partial charge on any atom is -0.387 e. The highest BCUT2D eigenvalue weighted by Gasteiger charge is 2.50. The van der Waals surface area contributed by atoms with Crippen LogP contribution in [0.4, 0.5) is 0 Å². The second-order valence-electron chi connectivity index (χ2n) is 7.17. The van der Waals surface area contributed by atoms with E-state index < -0.39 is 35.7 Å². The van der Waals surface area contributed by atoms with Crippen molar-refractivity contribution in [3.63, 3.8) is 0 Å². The number of hydrogen-bond acceptors (Lipinski definition) is 6. The molecule has 1 fully saturated rings. The van der Waals surface area contributed by atoms with Crippen LogP contribution in [0, 0.1) is 0 Å². The van der Waals surface area contributed by atoms with Gasteiger partial charge in [0.15, 0.2) is 11.7 Å². The number of rotatable bonds is 5. The van der Waals surface area contributed by atoms with Gasteiger partial charge in [0.1, 0.15) is 12.2 Å². The van der Waals surface area contributed by atoms with Gasteiger partial charge in [-0.15, -0.1) is 0 Å². The van der Waals surface area contributed by atoms with E-state index >= 15 is 0 Å². The Bertz CT molecular complexity index is 431. The van der Waals surface area contributed by atoms with Gasteiger partial charge in [-0.25, -0.2) is 0 Å². The monoisotopic (exact) mass is 374 g/mol. The van der Waals surface area contributed by atoms with Crippen molar-refractivity contribution in [3.8, 4) is 0 Å². The molecule has 1 saturated heterocycles. The first-order chi connectivity index (χ1) is 12.3. The van der Waals surface area contributed by atoms with E-state index in [-0.39, 0.29) is 13.0 Å². The summed E-state index contributed by atoms with van der Waals surface area (Å²) in [6.45, 7) is 0.194. The molecule has 1 aliphatic rings. The van der Waals surface area contributed by atoms with Gasteiger partial charge in [0.25, 0.3) is 5.91 Å². The number of carbonyl (C=O) groups excluding carboxylic acids is 2.